The molecule has 0 aromatic heterocycles. The highest BCUT2D eigenvalue weighted by atomic mass is 35.7. The number of benzene rings is 3. The summed E-state index contributed by atoms with van der Waals surface area (Å²) >= 11 is 0. The van der Waals surface area contributed by atoms with Gasteiger partial charge in [-0.05, 0) is 45.4 Å². The Kier molecular flexibility index (Phi) is 11.0. The molecule has 17 nitrogen and oxygen atoms in total. The predicted molar refractivity (Wildman–Crippen MR) is 175 cm³/mol. The van der Waals surface area contributed by atoms with E-state index in [-0.39, 0.29) is 22.1 Å². The van der Waals surface area contributed by atoms with Crippen LogP contribution in [0, 0.1) is 10.1 Å². The number of nitrogens with one attached hydrogen (secondary N) is 2. The number of sulfonamides is 1. The first-order chi connectivity index (χ1) is 21.3. The number of fused-ring (bicyclic) bond motifs is 1. The number of anilines is 1. The monoisotopic (exact) mass is 754 g/mol. The number of nitro benzene ring substituents is 1. The minimum absolute atomic E-state index is 0.132. The zero-order valence-corrected chi connectivity index (χ0v) is 29.5. The number of hydrogen-bond donors (Lipinski definition) is 3. The summed E-state index contributed by atoms with van der Waals surface area (Å²) in [6, 6.07) is 7.43. The number of phenolic OH excluding ortho intramolecular Hbond substituents is 1. The van der Waals surface area contributed by atoms with E-state index in [1.807, 2.05) is 0 Å². The van der Waals surface area contributed by atoms with E-state index in [0.717, 1.165) is 22.5 Å². The van der Waals surface area contributed by atoms with Gasteiger partial charge < -0.3 is 5.11 Å². The quantitative estimate of drug-likeness (QED) is 0.0976. The molecule has 47 heavy (non-hydrogen) atoms. The van der Waals surface area contributed by atoms with Gasteiger partial charge in [0.1, 0.15) is 21.2 Å². The molecule has 258 valence electrons. The van der Waals surface area contributed by atoms with Crippen molar-refractivity contribution in [3.05, 3.63) is 52.6 Å². The number of aromatic hydroxyl groups is 1. The van der Waals surface area contributed by atoms with Crippen molar-refractivity contribution in [3.8, 4) is 5.75 Å². The second-order valence-electron chi connectivity index (χ2n) is 11.2. The van der Waals surface area contributed by atoms with Crippen LogP contribution in [0.15, 0.2) is 62.5 Å². The van der Waals surface area contributed by atoms with Crippen molar-refractivity contribution in [1.29, 1.82) is 0 Å². The third-order valence-electron chi connectivity index (χ3n) is 6.08. The molecule has 3 rings (SSSR count). The molecular formula is C25H31ClN6O11S4. The molecule has 0 radical (unpaired) electrons. The number of nitro groups is 1. The fourth-order valence-electron chi connectivity index (χ4n) is 4.07. The lowest BCUT2D eigenvalue weighted by molar-refractivity contribution is -0.385. The minimum atomic E-state index is -4.46. The fourth-order valence-corrected chi connectivity index (χ4v) is 8.72. The first kappa shape index (κ1) is 38.0. The Morgan fingerprint density at radius 1 is 0.915 bits per heavy atom. The first-order valence-electron chi connectivity index (χ1n) is 13.2. The van der Waals surface area contributed by atoms with Crippen molar-refractivity contribution in [2.45, 2.75) is 42.5 Å². The number of rotatable bonds is 13. The van der Waals surface area contributed by atoms with E-state index in [0.29, 0.717) is 6.07 Å². The maximum Gasteiger partial charge on any atom is 0.301 e. The molecule has 0 saturated carbocycles. The summed E-state index contributed by atoms with van der Waals surface area (Å²) in [7, 11) is -9.44. The van der Waals surface area contributed by atoms with Gasteiger partial charge in [-0.2, -0.15) is 12.7 Å². The topological polar surface area (TPSA) is 252 Å². The zero-order valence-electron chi connectivity index (χ0n) is 25.5. The molecule has 0 saturated heterocycles. The summed E-state index contributed by atoms with van der Waals surface area (Å²) < 4.78 is 107. The number of azo groups is 1. The van der Waals surface area contributed by atoms with Crippen molar-refractivity contribution in [1.82, 2.24) is 9.03 Å². The standard InChI is InChI=1S/C25H31ClN6O11S4/c1-25(2,3)30-46(40,41)22-15-20(23-17(24(22)33)8-6-9-19(23)29-47(42,43)31(4)5)28-27-18-11-10-16(32(34)35)14-21(18)44(36,37)12-7-13-45(26,38)39/h6,8-11,14-15,29-30,33H,7,12-13H2,1-5H3/b28-27+. The lowest BCUT2D eigenvalue weighted by Gasteiger charge is -2.22. The van der Waals surface area contributed by atoms with Crippen molar-refractivity contribution in [2.24, 2.45) is 10.2 Å². The van der Waals surface area contributed by atoms with Gasteiger partial charge in [0, 0.05) is 53.2 Å². The van der Waals surface area contributed by atoms with Crippen LogP contribution in [0.1, 0.15) is 27.2 Å². The zero-order chi connectivity index (χ0) is 35.8. The Morgan fingerprint density at radius 3 is 2.09 bits per heavy atom. The Morgan fingerprint density at radius 2 is 1.53 bits per heavy atom. The molecule has 0 aliphatic heterocycles. The Balaban J connectivity index is 2.36. The van der Waals surface area contributed by atoms with Gasteiger partial charge in [-0.3, -0.25) is 14.8 Å². The highest BCUT2D eigenvalue weighted by molar-refractivity contribution is 8.13. The molecule has 0 aliphatic carbocycles. The molecule has 0 spiro atoms. The number of halogens is 1. The largest absolute Gasteiger partial charge is 0.506 e. The molecule has 0 aliphatic rings. The maximum atomic E-state index is 13.3. The van der Waals surface area contributed by atoms with Gasteiger partial charge >= 0.3 is 10.2 Å². The normalized spacial score (nSPS) is 13.4. The third-order valence-corrected chi connectivity index (χ3v) is 12.4. The smallest absolute Gasteiger partial charge is 0.301 e. The van der Waals surface area contributed by atoms with Gasteiger partial charge in [0.15, 0.2) is 9.84 Å². The maximum absolute atomic E-state index is 13.3. The summed E-state index contributed by atoms with van der Waals surface area (Å²) in [5.41, 5.74) is -2.60. The van der Waals surface area contributed by atoms with Crippen LogP contribution in [-0.4, -0.2) is 79.1 Å². The van der Waals surface area contributed by atoms with Crippen LogP contribution in [0.25, 0.3) is 10.8 Å². The molecule has 0 unspecified atom stereocenters. The molecule has 3 aromatic rings. The molecule has 0 atom stereocenters. The fraction of sp³-hybridized carbons (Fsp3) is 0.360. The van der Waals surface area contributed by atoms with E-state index in [4.69, 9.17) is 10.7 Å². The van der Waals surface area contributed by atoms with Gasteiger partial charge in [-0.15, -0.1) is 10.2 Å². The average Bonchev–Trinajstić information content (AvgIpc) is 2.90. The number of sulfone groups is 1. The van der Waals surface area contributed by atoms with Crippen molar-refractivity contribution in [3.63, 3.8) is 0 Å². The summed E-state index contributed by atoms with van der Waals surface area (Å²) in [5.74, 6) is -2.25. The second kappa shape index (κ2) is 13.6. The SMILES string of the molecule is CN(C)S(=O)(=O)Nc1cccc2c(O)c(S(=O)(=O)NC(C)(C)C)cc(/N=N/c3ccc([N+](=O)[O-])cc3S(=O)(=O)CCCS(=O)(=O)Cl)c12. The van der Waals surface area contributed by atoms with Crippen LogP contribution in [0.5, 0.6) is 5.75 Å². The number of hydrogen-bond acceptors (Lipinski definition) is 13. The van der Waals surface area contributed by atoms with Crippen molar-refractivity contribution < 1.29 is 43.7 Å². The molecule has 3 N–H and O–H groups in total. The lowest BCUT2D eigenvalue weighted by atomic mass is 10.1. The van der Waals surface area contributed by atoms with E-state index < -0.39 is 94.4 Å². The minimum Gasteiger partial charge on any atom is -0.506 e. The van der Waals surface area contributed by atoms with Crippen molar-refractivity contribution >= 4 is 83.3 Å². The van der Waals surface area contributed by atoms with Crippen LogP contribution in [0.3, 0.4) is 0 Å². The third kappa shape index (κ3) is 9.55. The Labute approximate surface area is 276 Å². The Bertz CT molecular complexity index is 2200. The van der Waals surface area contributed by atoms with Gasteiger partial charge in [-0.25, -0.2) is 30.0 Å². The van der Waals surface area contributed by atoms with E-state index in [2.05, 4.69) is 19.7 Å². The summed E-state index contributed by atoms with van der Waals surface area (Å²) in [5, 5.41) is 30.2. The van der Waals surface area contributed by atoms with Gasteiger partial charge in [0.2, 0.25) is 19.1 Å². The number of phenols is 1. The second-order valence-corrected chi connectivity index (χ2v) is 19.7. The van der Waals surface area contributed by atoms with E-state index in [1.165, 1.54) is 32.3 Å². The lowest BCUT2D eigenvalue weighted by Crippen LogP contribution is -2.40. The highest BCUT2D eigenvalue weighted by Gasteiger charge is 2.29. The van der Waals surface area contributed by atoms with Crippen LogP contribution in [0.2, 0.25) is 0 Å². The van der Waals surface area contributed by atoms with Gasteiger partial charge in [0.05, 0.1) is 27.8 Å². The summed E-state index contributed by atoms with van der Waals surface area (Å²) in [6.45, 7) is 4.66. The molecule has 0 amide bonds. The van der Waals surface area contributed by atoms with E-state index >= 15 is 0 Å². The first-order valence-corrected chi connectivity index (χ1v) is 20.3. The van der Waals surface area contributed by atoms with Crippen LogP contribution < -0.4 is 9.44 Å². The molecule has 3 aromatic carbocycles. The molecule has 0 heterocycles. The van der Waals surface area contributed by atoms with Gasteiger partial charge in [0.25, 0.3) is 5.69 Å². The summed E-state index contributed by atoms with van der Waals surface area (Å²) in [6.07, 6.45) is -0.451. The number of non-ortho nitro benzene ring substituents is 1. The van der Waals surface area contributed by atoms with Gasteiger partial charge in [-0.1, -0.05) is 12.1 Å². The Hall–Kier alpha value is -3.47. The van der Waals surface area contributed by atoms with Crippen LogP contribution in [-0.2, 0) is 39.1 Å². The molecule has 0 bridgehead atoms. The van der Waals surface area contributed by atoms with Crippen LogP contribution >= 0.6 is 10.7 Å². The molecule has 0 fully saturated rings. The van der Waals surface area contributed by atoms with Crippen LogP contribution in [0.4, 0.5) is 22.7 Å². The number of nitrogens with zero attached hydrogens (tertiary/aromatic N) is 4. The molecular weight excluding hydrogens is 724 g/mol. The average molecular weight is 755 g/mol. The van der Waals surface area contributed by atoms with E-state index in [9.17, 15) is 48.9 Å². The van der Waals surface area contributed by atoms with E-state index in [1.54, 1.807) is 20.8 Å². The molecule has 22 heteroatoms. The predicted octanol–water partition coefficient (Wildman–Crippen LogP) is 3.90. The highest BCUT2D eigenvalue weighted by Crippen LogP contribution is 2.43. The van der Waals surface area contributed by atoms with Crippen molar-refractivity contribution in [2.75, 3.05) is 30.3 Å². The summed E-state index contributed by atoms with van der Waals surface area (Å²) in [4.78, 5) is 9.22.